The van der Waals surface area contributed by atoms with E-state index >= 15 is 0 Å². The lowest BCUT2D eigenvalue weighted by Gasteiger charge is -2.21. The molecule has 0 amide bonds. The number of rotatable bonds is 3. The van der Waals surface area contributed by atoms with E-state index in [4.69, 9.17) is 9.90 Å². The summed E-state index contributed by atoms with van der Waals surface area (Å²) in [5.74, 6) is 0. The van der Waals surface area contributed by atoms with Gasteiger partial charge < -0.3 is 4.42 Å². The minimum atomic E-state index is -0.297. The molecule has 0 N–H and O–H groups in total. The van der Waals surface area contributed by atoms with Gasteiger partial charge in [-0.15, -0.1) is 0 Å². The summed E-state index contributed by atoms with van der Waals surface area (Å²) in [6.45, 7) is 0. The molecule has 0 spiro atoms. The Morgan fingerprint density at radius 3 is 1.72 bits per heavy atom. The van der Waals surface area contributed by atoms with Crippen LogP contribution in [-0.4, -0.2) is 0 Å². The summed E-state index contributed by atoms with van der Waals surface area (Å²) in [4.78, 5) is 0. The molecule has 47 heavy (non-hydrogen) atoms. The Kier molecular flexibility index (Phi) is 4.83. The maximum Gasteiger partial charge on any atom is 0.136 e. The summed E-state index contributed by atoms with van der Waals surface area (Å²) in [5.41, 5.74) is 7.26. The smallest absolute Gasteiger partial charge is 0.136 e. The van der Waals surface area contributed by atoms with Gasteiger partial charge in [-0.3, -0.25) is 0 Å². The third-order valence-electron chi connectivity index (χ3n) is 9.55. The average molecular weight is 601 g/mol. The van der Waals surface area contributed by atoms with Crippen molar-refractivity contribution in [2.45, 2.75) is 0 Å². The Morgan fingerprint density at radius 1 is 0.383 bits per heavy atom. The average Bonchev–Trinajstić information content (AvgIpc) is 3.57. The van der Waals surface area contributed by atoms with Gasteiger partial charge in [-0.25, -0.2) is 0 Å². The van der Waals surface area contributed by atoms with Gasteiger partial charge in [0.25, 0.3) is 0 Å². The van der Waals surface area contributed by atoms with Crippen molar-refractivity contribution in [3.63, 3.8) is 0 Å². The monoisotopic (exact) mass is 600 g/mol. The van der Waals surface area contributed by atoms with Crippen molar-refractivity contribution in [1.29, 1.82) is 0 Å². The first-order chi connectivity index (χ1) is 25.0. The van der Waals surface area contributed by atoms with E-state index in [0.29, 0.717) is 16.4 Å². The Balaban J connectivity index is 1.34. The standard InChI is InChI=1S/C46H28O/c1-3-12-31-26-34(22-20-29(31)10-1)44-39-15-5-6-16-40(39)45(35-23-21-30-11-2-4-13-32(30)27-35)46-36(17-9-18-41(44)46)33-24-25-38-37-14-7-8-19-42(37)47-43(38)28-33/h1-28H/i7D,8D,14D,19D. The van der Waals surface area contributed by atoms with E-state index in [-0.39, 0.29) is 29.8 Å². The second kappa shape index (κ2) is 10.2. The Bertz CT molecular complexity index is 3080. The van der Waals surface area contributed by atoms with E-state index in [1.807, 2.05) is 18.2 Å². The van der Waals surface area contributed by atoms with Crippen molar-refractivity contribution >= 4 is 65.0 Å². The van der Waals surface area contributed by atoms with Crippen molar-refractivity contribution in [3.8, 4) is 33.4 Å². The van der Waals surface area contributed by atoms with Crippen molar-refractivity contribution in [2.24, 2.45) is 0 Å². The molecule has 0 radical (unpaired) electrons. The zero-order valence-corrected chi connectivity index (χ0v) is 25.3. The largest absolute Gasteiger partial charge is 0.456 e. The van der Waals surface area contributed by atoms with Crippen LogP contribution in [0.1, 0.15) is 5.48 Å². The van der Waals surface area contributed by atoms with E-state index < -0.39 is 0 Å². The van der Waals surface area contributed by atoms with E-state index in [9.17, 15) is 0 Å². The highest BCUT2D eigenvalue weighted by atomic mass is 16.3. The van der Waals surface area contributed by atoms with E-state index in [1.165, 1.54) is 32.5 Å². The van der Waals surface area contributed by atoms with Crippen molar-refractivity contribution < 1.29 is 9.90 Å². The minimum absolute atomic E-state index is 0.0900. The van der Waals surface area contributed by atoms with Gasteiger partial charge in [0.05, 0.1) is 5.48 Å². The first kappa shape index (κ1) is 22.3. The number of hydrogen-bond acceptors (Lipinski definition) is 1. The first-order valence-electron chi connectivity index (χ1n) is 17.8. The molecule has 1 aromatic heterocycles. The molecular weight excluding hydrogens is 569 g/mol. The van der Waals surface area contributed by atoms with Crippen LogP contribution >= 0.6 is 0 Å². The van der Waals surface area contributed by atoms with Crippen LogP contribution in [0.2, 0.25) is 0 Å². The molecule has 0 aliphatic rings. The number of para-hydroxylation sites is 1. The van der Waals surface area contributed by atoms with Crippen molar-refractivity contribution in [1.82, 2.24) is 0 Å². The highest BCUT2D eigenvalue weighted by molar-refractivity contribution is 6.25. The molecule has 0 saturated carbocycles. The zero-order valence-electron chi connectivity index (χ0n) is 29.3. The van der Waals surface area contributed by atoms with Gasteiger partial charge in [0, 0.05) is 10.8 Å². The minimum Gasteiger partial charge on any atom is -0.456 e. The van der Waals surface area contributed by atoms with Gasteiger partial charge in [0.2, 0.25) is 0 Å². The maximum atomic E-state index is 8.61. The van der Waals surface area contributed by atoms with Crippen LogP contribution < -0.4 is 0 Å². The van der Waals surface area contributed by atoms with E-state index in [2.05, 4.69) is 127 Å². The maximum absolute atomic E-state index is 8.61. The second-order valence-electron chi connectivity index (χ2n) is 12.2. The van der Waals surface area contributed by atoms with Crippen molar-refractivity contribution in [3.05, 3.63) is 170 Å². The molecule has 0 aliphatic carbocycles. The molecule has 0 unspecified atom stereocenters. The van der Waals surface area contributed by atoms with Crippen LogP contribution in [0.5, 0.6) is 0 Å². The van der Waals surface area contributed by atoms with Crippen LogP contribution in [-0.2, 0) is 0 Å². The summed E-state index contributed by atoms with van der Waals surface area (Å²) in [6.07, 6.45) is 0. The summed E-state index contributed by atoms with van der Waals surface area (Å²) in [5, 5.41) is 10.4. The normalized spacial score (nSPS) is 13.0. The number of hydrogen-bond donors (Lipinski definition) is 0. The molecule has 1 heteroatoms. The number of furan rings is 1. The third kappa shape index (κ3) is 4.03. The molecule has 1 nitrogen and oxygen atoms in total. The zero-order chi connectivity index (χ0) is 34.4. The lowest BCUT2D eigenvalue weighted by atomic mass is 9.82. The summed E-state index contributed by atoms with van der Waals surface area (Å²) < 4.78 is 39.8. The summed E-state index contributed by atoms with van der Waals surface area (Å²) in [7, 11) is 0. The molecule has 9 aromatic carbocycles. The van der Waals surface area contributed by atoms with Gasteiger partial charge in [0.15, 0.2) is 0 Å². The van der Waals surface area contributed by atoms with Crippen molar-refractivity contribution in [2.75, 3.05) is 0 Å². The van der Waals surface area contributed by atoms with Crippen LogP contribution in [0.3, 0.4) is 0 Å². The lowest BCUT2D eigenvalue weighted by Crippen LogP contribution is -1.93. The number of benzene rings is 9. The van der Waals surface area contributed by atoms with Gasteiger partial charge in [-0.2, -0.15) is 0 Å². The highest BCUT2D eigenvalue weighted by Gasteiger charge is 2.20. The molecule has 0 bridgehead atoms. The van der Waals surface area contributed by atoms with Crippen LogP contribution in [0, 0.1) is 0 Å². The topological polar surface area (TPSA) is 13.1 Å². The molecule has 218 valence electrons. The predicted molar refractivity (Wildman–Crippen MR) is 200 cm³/mol. The van der Waals surface area contributed by atoms with E-state index in [0.717, 1.165) is 44.0 Å². The molecule has 1 heterocycles. The molecule has 0 aliphatic heterocycles. The first-order valence-corrected chi connectivity index (χ1v) is 15.8. The molecule has 0 atom stereocenters. The highest BCUT2D eigenvalue weighted by Crippen LogP contribution is 2.48. The van der Waals surface area contributed by atoms with Crippen LogP contribution in [0.4, 0.5) is 0 Å². The number of fused-ring (bicyclic) bond motifs is 7. The SMILES string of the molecule is [2H]c1c([2H])c([2H])c2c(oc3cc(-c4cccc5c(-c6ccc7ccccc7c6)c6ccccc6c(-c6ccc7ccccc7c6)c45)ccc32)c1[2H]. The quantitative estimate of drug-likeness (QED) is 0.184. The molecule has 10 rings (SSSR count). The Morgan fingerprint density at radius 2 is 0.979 bits per heavy atom. The fourth-order valence-corrected chi connectivity index (χ4v) is 7.43. The lowest BCUT2D eigenvalue weighted by molar-refractivity contribution is 0.669. The molecule has 0 fully saturated rings. The van der Waals surface area contributed by atoms with E-state index in [1.54, 1.807) is 0 Å². The predicted octanol–water partition coefficient (Wildman–Crippen LogP) is 13.2. The summed E-state index contributed by atoms with van der Waals surface area (Å²) >= 11 is 0. The van der Waals surface area contributed by atoms with Gasteiger partial charge in [-0.1, -0.05) is 139 Å². The Hall–Kier alpha value is -6.18. The second-order valence-corrected chi connectivity index (χ2v) is 12.2. The molecular formula is C46H28O. The van der Waals surface area contributed by atoms with Gasteiger partial charge in [-0.05, 0) is 107 Å². The molecule has 0 saturated heterocycles. The van der Waals surface area contributed by atoms with Gasteiger partial charge in [0.1, 0.15) is 11.2 Å². The molecule has 10 aromatic rings. The van der Waals surface area contributed by atoms with Crippen LogP contribution in [0.25, 0.3) is 98.4 Å². The third-order valence-corrected chi connectivity index (χ3v) is 9.55. The van der Waals surface area contributed by atoms with Crippen LogP contribution in [0.15, 0.2) is 174 Å². The van der Waals surface area contributed by atoms with Gasteiger partial charge >= 0.3 is 0 Å². The Labute approximate surface area is 277 Å². The fourth-order valence-electron chi connectivity index (χ4n) is 7.43. The summed E-state index contributed by atoms with van der Waals surface area (Å²) in [6, 6.07) is 50.7. The fraction of sp³-hybridized carbons (Fsp3) is 0.